The van der Waals surface area contributed by atoms with Gasteiger partial charge in [-0.05, 0) is 0 Å². The van der Waals surface area contributed by atoms with Crippen molar-refractivity contribution in [2.45, 2.75) is 24.0 Å². The van der Waals surface area contributed by atoms with Crippen molar-refractivity contribution in [2.24, 2.45) is 0 Å². The van der Waals surface area contributed by atoms with E-state index in [1.165, 1.54) is 0 Å². The van der Waals surface area contributed by atoms with Gasteiger partial charge in [0.25, 0.3) is 0 Å². The van der Waals surface area contributed by atoms with E-state index >= 15 is 0 Å². The van der Waals surface area contributed by atoms with Gasteiger partial charge in [-0.15, -0.1) is 0 Å². The third-order valence-electron chi connectivity index (χ3n) is 3.29. The molecule has 1 atom stereocenters. The lowest BCUT2D eigenvalue weighted by Crippen LogP contribution is -2.70. The Kier molecular flexibility index (Phi) is 3.16. The minimum Gasteiger partial charge on any atom is -0.481 e. The Morgan fingerprint density at radius 1 is 1.50 bits per heavy atom. The molecule has 2 rings (SSSR count). The number of carbonyl (C=O) groups is 1. The van der Waals surface area contributed by atoms with Crippen LogP contribution in [-0.4, -0.2) is 60.2 Å². The molecule has 0 spiro atoms. The van der Waals surface area contributed by atoms with E-state index in [0.717, 1.165) is 0 Å². The molecule has 2 aliphatic heterocycles. The van der Waals surface area contributed by atoms with Crippen LogP contribution < -0.4 is 10.6 Å². The van der Waals surface area contributed by atoms with Crippen molar-refractivity contribution < 1.29 is 19.7 Å². The molecule has 0 aliphatic carbocycles. The lowest BCUT2D eigenvalue weighted by molar-refractivity contribution is -0.139. The topological polar surface area (TPSA) is 90.8 Å². The molecule has 0 bridgehead atoms. The molecule has 2 saturated heterocycles. The number of hydrogen-bond acceptors (Lipinski definition) is 5. The third-order valence-corrected chi connectivity index (χ3v) is 3.29. The standard InChI is InChI=1S/C10H18N2O4/c13-8(14)3-9(4-11-5-9)12-6-10(15)1-2-16-7-10/h11-12,15H,1-7H2,(H,13,14). The summed E-state index contributed by atoms with van der Waals surface area (Å²) in [4.78, 5) is 10.7. The molecular weight excluding hydrogens is 212 g/mol. The van der Waals surface area contributed by atoms with Gasteiger partial charge in [0, 0.05) is 32.7 Å². The lowest BCUT2D eigenvalue weighted by atomic mass is 9.87. The third kappa shape index (κ3) is 2.52. The van der Waals surface area contributed by atoms with Crippen molar-refractivity contribution in [3.63, 3.8) is 0 Å². The van der Waals surface area contributed by atoms with Gasteiger partial charge in [0.15, 0.2) is 0 Å². The predicted octanol–water partition coefficient (Wildman–Crippen LogP) is -1.46. The minimum atomic E-state index is -0.832. The Hall–Kier alpha value is -0.690. The highest BCUT2D eigenvalue weighted by Crippen LogP contribution is 2.21. The summed E-state index contributed by atoms with van der Waals surface area (Å²) in [5, 5.41) is 25.1. The summed E-state index contributed by atoms with van der Waals surface area (Å²) in [7, 11) is 0. The lowest BCUT2D eigenvalue weighted by Gasteiger charge is -2.44. The van der Waals surface area contributed by atoms with Crippen molar-refractivity contribution in [3.05, 3.63) is 0 Å². The van der Waals surface area contributed by atoms with E-state index in [0.29, 0.717) is 39.3 Å². The first-order chi connectivity index (χ1) is 7.54. The minimum absolute atomic E-state index is 0.0803. The maximum absolute atomic E-state index is 10.7. The number of aliphatic hydroxyl groups is 1. The van der Waals surface area contributed by atoms with Crippen LogP contribution in [0.1, 0.15) is 12.8 Å². The molecule has 0 radical (unpaired) electrons. The molecule has 1 unspecified atom stereocenters. The molecule has 2 aliphatic rings. The summed E-state index contributed by atoms with van der Waals surface area (Å²) in [5.41, 5.74) is -1.23. The largest absolute Gasteiger partial charge is 0.481 e. The van der Waals surface area contributed by atoms with E-state index in [4.69, 9.17) is 9.84 Å². The summed E-state index contributed by atoms with van der Waals surface area (Å²) in [6, 6.07) is 0. The van der Waals surface area contributed by atoms with Crippen LogP contribution in [0.2, 0.25) is 0 Å². The second kappa shape index (κ2) is 4.29. The first-order valence-electron chi connectivity index (χ1n) is 5.51. The van der Waals surface area contributed by atoms with Gasteiger partial charge in [0.1, 0.15) is 5.60 Å². The number of carboxylic acids is 1. The summed E-state index contributed by atoms with van der Waals surface area (Å²) >= 11 is 0. The molecule has 16 heavy (non-hydrogen) atoms. The Morgan fingerprint density at radius 2 is 2.25 bits per heavy atom. The zero-order chi connectivity index (χ0) is 11.6. The van der Waals surface area contributed by atoms with Crippen molar-refractivity contribution in [3.8, 4) is 0 Å². The maximum Gasteiger partial charge on any atom is 0.305 e. The van der Waals surface area contributed by atoms with Crippen LogP contribution in [0, 0.1) is 0 Å². The van der Waals surface area contributed by atoms with Crippen LogP contribution in [0.25, 0.3) is 0 Å². The molecule has 0 saturated carbocycles. The number of ether oxygens (including phenoxy) is 1. The zero-order valence-electron chi connectivity index (χ0n) is 9.16. The summed E-state index contributed by atoms with van der Waals surface area (Å²) in [6.45, 7) is 2.56. The van der Waals surface area contributed by atoms with Crippen molar-refractivity contribution in [1.82, 2.24) is 10.6 Å². The van der Waals surface area contributed by atoms with Gasteiger partial charge >= 0.3 is 5.97 Å². The normalized spacial score (nSPS) is 32.3. The van der Waals surface area contributed by atoms with Crippen LogP contribution in [0.3, 0.4) is 0 Å². The molecular formula is C10H18N2O4. The first kappa shape index (κ1) is 11.8. The fourth-order valence-corrected chi connectivity index (χ4v) is 2.12. The van der Waals surface area contributed by atoms with E-state index in [1.807, 2.05) is 0 Å². The van der Waals surface area contributed by atoms with Gasteiger partial charge in [0.2, 0.25) is 0 Å². The number of rotatable bonds is 5. The smallest absolute Gasteiger partial charge is 0.305 e. The zero-order valence-corrected chi connectivity index (χ0v) is 9.16. The molecule has 2 heterocycles. The SMILES string of the molecule is O=C(O)CC1(NCC2(O)CCOC2)CNC1. The number of β-amino-alcohol motifs (C(OH)–C–C–N with tert-alkyl or cyclic N) is 1. The first-order valence-corrected chi connectivity index (χ1v) is 5.51. The highest BCUT2D eigenvalue weighted by Gasteiger charge is 2.41. The Labute approximate surface area is 94.0 Å². The molecule has 4 N–H and O–H groups in total. The maximum atomic E-state index is 10.7. The van der Waals surface area contributed by atoms with Crippen molar-refractivity contribution in [2.75, 3.05) is 32.8 Å². The predicted molar refractivity (Wildman–Crippen MR) is 56.2 cm³/mol. The van der Waals surface area contributed by atoms with Crippen LogP contribution >= 0.6 is 0 Å². The Morgan fingerprint density at radius 3 is 2.69 bits per heavy atom. The summed E-state index contributed by atoms with van der Waals surface area (Å²) in [6.07, 6.45) is 0.688. The quantitative estimate of drug-likeness (QED) is 0.462. The summed E-state index contributed by atoms with van der Waals surface area (Å²) in [5.74, 6) is -0.816. The Balaban J connectivity index is 1.85. The van der Waals surface area contributed by atoms with Crippen molar-refractivity contribution >= 4 is 5.97 Å². The highest BCUT2D eigenvalue weighted by atomic mass is 16.5. The van der Waals surface area contributed by atoms with Crippen LogP contribution in [0.5, 0.6) is 0 Å². The average molecular weight is 230 g/mol. The van der Waals surface area contributed by atoms with Gasteiger partial charge in [-0.1, -0.05) is 0 Å². The van der Waals surface area contributed by atoms with E-state index < -0.39 is 17.1 Å². The van der Waals surface area contributed by atoms with Crippen LogP contribution in [-0.2, 0) is 9.53 Å². The second-order valence-corrected chi connectivity index (χ2v) is 4.83. The fraction of sp³-hybridized carbons (Fsp3) is 0.900. The van der Waals surface area contributed by atoms with Gasteiger partial charge in [-0.3, -0.25) is 4.79 Å². The average Bonchev–Trinajstić information content (AvgIpc) is 2.57. The van der Waals surface area contributed by atoms with E-state index in [1.54, 1.807) is 0 Å². The molecule has 6 heteroatoms. The Bertz CT molecular complexity index is 272. The second-order valence-electron chi connectivity index (χ2n) is 4.83. The monoisotopic (exact) mass is 230 g/mol. The van der Waals surface area contributed by atoms with E-state index in [2.05, 4.69) is 10.6 Å². The van der Waals surface area contributed by atoms with Gasteiger partial charge in [-0.2, -0.15) is 0 Å². The summed E-state index contributed by atoms with van der Waals surface area (Å²) < 4.78 is 5.14. The molecule has 0 aromatic carbocycles. The van der Waals surface area contributed by atoms with E-state index in [-0.39, 0.29) is 6.42 Å². The number of hydrogen-bond donors (Lipinski definition) is 4. The molecule has 0 aromatic heterocycles. The number of aliphatic carboxylic acids is 1. The molecule has 0 aromatic rings. The molecule has 2 fully saturated rings. The van der Waals surface area contributed by atoms with Crippen LogP contribution in [0.4, 0.5) is 0 Å². The van der Waals surface area contributed by atoms with Gasteiger partial charge in [0.05, 0.1) is 18.6 Å². The molecule has 92 valence electrons. The molecule has 0 amide bonds. The molecule has 6 nitrogen and oxygen atoms in total. The fourth-order valence-electron chi connectivity index (χ4n) is 2.12. The van der Waals surface area contributed by atoms with Crippen LogP contribution in [0.15, 0.2) is 0 Å². The van der Waals surface area contributed by atoms with Gasteiger partial charge < -0.3 is 25.6 Å². The van der Waals surface area contributed by atoms with E-state index in [9.17, 15) is 9.90 Å². The highest BCUT2D eigenvalue weighted by molar-refractivity contribution is 5.68. The number of nitrogens with one attached hydrogen (secondary N) is 2. The number of carboxylic acid groups (broad SMARTS) is 1. The van der Waals surface area contributed by atoms with Gasteiger partial charge in [-0.25, -0.2) is 0 Å². The van der Waals surface area contributed by atoms with Crippen molar-refractivity contribution in [1.29, 1.82) is 0 Å².